The van der Waals surface area contributed by atoms with Crippen LogP contribution in [0.2, 0.25) is 0 Å². The summed E-state index contributed by atoms with van der Waals surface area (Å²) in [5.74, 6) is -0.698. The Hall–Kier alpha value is -0.580. The minimum absolute atomic E-state index is 0.551. The Kier molecular flexibility index (Phi) is 3.51. The van der Waals surface area contributed by atoms with E-state index >= 15 is 0 Å². The maximum absolute atomic E-state index is 10.9. The van der Waals surface area contributed by atoms with Crippen molar-refractivity contribution in [1.82, 2.24) is 0 Å². The highest BCUT2D eigenvalue weighted by atomic mass is 32.2. The standard InChI is InChI=1S/C6H12O4S/c1-4-6(2,3)5(7)10-11(8)9/h11H,4H2,1-3H3. The van der Waals surface area contributed by atoms with Gasteiger partial charge in [0.25, 0.3) is 0 Å². The fourth-order valence-electron chi connectivity index (χ4n) is 0.336. The number of hydrogen-bond donors (Lipinski definition) is 1. The van der Waals surface area contributed by atoms with E-state index in [-0.39, 0.29) is 0 Å². The molecule has 0 saturated heterocycles. The monoisotopic (exact) mass is 180 g/mol. The van der Waals surface area contributed by atoms with Crippen LogP contribution in [-0.4, -0.2) is 14.4 Å². The number of carbonyl (C=O) groups excluding carboxylic acids is 1. The zero-order valence-corrected chi connectivity index (χ0v) is 7.68. The Labute approximate surface area is 67.7 Å². The largest absolute Gasteiger partial charge is 0.347 e. The minimum Gasteiger partial charge on any atom is -0.347 e. The second-order valence-corrected chi connectivity index (χ2v) is 3.47. The van der Waals surface area contributed by atoms with Crippen molar-refractivity contribution in [3.63, 3.8) is 0 Å². The van der Waals surface area contributed by atoms with Gasteiger partial charge >= 0.3 is 17.0 Å². The first-order chi connectivity index (χ1) is 4.90. The van der Waals surface area contributed by atoms with Gasteiger partial charge < -0.3 is 4.18 Å². The average Bonchev–Trinajstić information content (AvgIpc) is 1.86. The van der Waals surface area contributed by atoms with E-state index < -0.39 is 22.4 Å². The third kappa shape index (κ3) is 3.36. The average molecular weight is 180 g/mol. The summed E-state index contributed by atoms with van der Waals surface area (Å²) in [5, 5.41) is 0. The molecule has 0 heterocycles. The molecule has 0 unspecified atom stereocenters. The molecule has 0 aromatic heterocycles. The molecule has 0 fully saturated rings. The SMILES string of the molecule is CCC(C)(C)C(=O)O[SH](=O)=O. The Morgan fingerprint density at radius 3 is 2.18 bits per heavy atom. The molecule has 0 saturated carbocycles. The zero-order chi connectivity index (χ0) is 9.07. The highest BCUT2D eigenvalue weighted by Crippen LogP contribution is 2.21. The highest BCUT2D eigenvalue weighted by Gasteiger charge is 2.27. The Balaban J connectivity index is 4.24. The van der Waals surface area contributed by atoms with E-state index in [0.29, 0.717) is 6.42 Å². The van der Waals surface area contributed by atoms with Crippen molar-refractivity contribution in [2.24, 2.45) is 5.41 Å². The van der Waals surface area contributed by atoms with Crippen LogP contribution >= 0.6 is 0 Å². The molecule has 66 valence electrons. The lowest BCUT2D eigenvalue weighted by atomic mass is 9.91. The van der Waals surface area contributed by atoms with E-state index in [2.05, 4.69) is 4.18 Å². The predicted octanol–water partition coefficient (Wildman–Crippen LogP) is 0.492. The minimum atomic E-state index is -3.06. The fourth-order valence-corrected chi connectivity index (χ4v) is 0.718. The Bertz CT molecular complexity index is 209. The first-order valence-electron chi connectivity index (χ1n) is 3.27. The van der Waals surface area contributed by atoms with Crippen LogP contribution in [0.4, 0.5) is 0 Å². The summed E-state index contributed by atoms with van der Waals surface area (Å²) in [6.45, 7) is 5.06. The number of hydrogen-bond acceptors (Lipinski definition) is 4. The van der Waals surface area contributed by atoms with Crippen molar-refractivity contribution in [3.8, 4) is 0 Å². The summed E-state index contributed by atoms with van der Waals surface area (Å²) in [5.41, 5.74) is -0.713. The fraction of sp³-hybridized carbons (Fsp3) is 0.833. The molecule has 0 aliphatic carbocycles. The molecule has 0 N–H and O–H groups in total. The van der Waals surface area contributed by atoms with Crippen LogP contribution in [0.5, 0.6) is 0 Å². The molecule has 0 aromatic rings. The molecule has 0 atom stereocenters. The zero-order valence-electron chi connectivity index (χ0n) is 6.79. The lowest BCUT2D eigenvalue weighted by Gasteiger charge is -2.17. The molecule has 0 amide bonds. The summed E-state index contributed by atoms with van der Waals surface area (Å²) in [6.07, 6.45) is 0.551. The number of rotatable bonds is 3. The van der Waals surface area contributed by atoms with Crippen molar-refractivity contribution in [2.75, 3.05) is 0 Å². The van der Waals surface area contributed by atoms with Gasteiger partial charge in [0.1, 0.15) is 0 Å². The maximum atomic E-state index is 10.9. The molecule has 5 heteroatoms. The van der Waals surface area contributed by atoms with Crippen LogP contribution in [0, 0.1) is 5.41 Å². The number of carbonyl (C=O) groups is 1. The smallest absolute Gasteiger partial charge is 0.327 e. The molecule has 0 rings (SSSR count). The summed E-state index contributed by atoms with van der Waals surface area (Å²) in [6, 6.07) is 0. The van der Waals surface area contributed by atoms with Gasteiger partial charge in [0, 0.05) is 0 Å². The Morgan fingerprint density at radius 2 is 1.91 bits per heavy atom. The van der Waals surface area contributed by atoms with Crippen LogP contribution in [0.15, 0.2) is 0 Å². The molecule has 4 nitrogen and oxygen atoms in total. The van der Waals surface area contributed by atoms with Crippen LogP contribution in [0.25, 0.3) is 0 Å². The summed E-state index contributed by atoms with van der Waals surface area (Å²) in [4.78, 5) is 10.9. The molecular formula is C6H12O4S. The Morgan fingerprint density at radius 1 is 1.45 bits per heavy atom. The first-order valence-corrected chi connectivity index (χ1v) is 4.36. The van der Waals surface area contributed by atoms with Crippen LogP contribution in [0.3, 0.4) is 0 Å². The van der Waals surface area contributed by atoms with Crippen LogP contribution < -0.4 is 0 Å². The second kappa shape index (κ2) is 3.71. The normalized spacial score (nSPS) is 11.6. The maximum Gasteiger partial charge on any atom is 0.327 e. The first kappa shape index (κ1) is 10.4. The van der Waals surface area contributed by atoms with Crippen molar-refractivity contribution < 1.29 is 17.4 Å². The van der Waals surface area contributed by atoms with E-state index in [1.54, 1.807) is 20.8 Å². The van der Waals surface area contributed by atoms with E-state index in [4.69, 9.17) is 0 Å². The predicted molar refractivity (Wildman–Crippen MR) is 40.5 cm³/mol. The quantitative estimate of drug-likeness (QED) is 0.642. The molecular weight excluding hydrogens is 168 g/mol. The van der Waals surface area contributed by atoms with E-state index in [1.807, 2.05) is 0 Å². The highest BCUT2D eigenvalue weighted by molar-refractivity contribution is 7.67. The molecule has 0 aliphatic rings. The molecule has 0 bridgehead atoms. The molecule has 0 aromatic carbocycles. The molecule has 0 spiro atoms. The summed E-state index contributed by atoms with van der Waals surface area (Å²) < 4.78 is 24.0. The number of thiol groups is 1. The lowest BCUT2D eigenvalue weighted by Crippen LogP contribution is -2.25. The van der Waals surface area contributed by atoms with Gasteiger partial charge in [0.15, 0.2) is 0 Å². The molecule has 0 aliphatic heterocycles. The van der Waals surface area contributed by atoms with Crippen molar-refractivity contribution >= 4 is 17.0 Å². The van der Waals surface area contributed by atoms with Gasteiger partial charge in [0.2, 0.25) is 0 Å². The lowest BCUT2D eigenvalue weighted by molar-refractivity contribution is -0.143. The molecule has 11 heavy (non-hydrogen) atoms. The second-order valence-electron chi connectivity index (χ2n) is 2.84. The third-order valence-corrected chi connectivity index (χ3v) is 1.91. The van der Waals surface area contributed by atoms with Crippen LogP contribution in [0.1, 0.15) is 27.2 Å². The van der Waals surface area contributed by atoms with Gasteiger partial charge in [-0.3, -0.25) is 4.79 Å². The summed E-state index contributed by atoms with van der Waals surface area (Å²) >= 11 is 0. The van der Waals surface area contributed by atoms with Gasteiger partial charge in [-0.25, -0.2) is 0 Å². The third-order valence-electron chi connectivity index (χ3n) is 1.59. The van der Waals surface area contributed by atoms with Gasteiger partial charge in [-0.05, 0) is 20.3 Å². The molecule has 0 radical (unpaired) electrons. The van der Waals surface area contributed by atoms with E-state index in [0.717, 1.165) is 0 Å². The van der Waals surface area contributed by atoms with Gasteiger partial charge in [-0.2, -0.15) is 8.42 Å². The van der Waals surface area contributed by atoms with E-state index in [9.17, 15) is 13.2 Å². The summed E-state index contributed by atoms with van der Waals surface area (Å²) in [7, 11) is -3.06. The van der Waals surface area contributed by atoms with Gasteiger partial charge in [-0.1, -0.05) is 6.92 Å². The van der Waals surface area contributed by atoms with Crippen molar-refractivity contribution in [2.45, 2.75) is 27.2 Å². The van der Waals surface area contributed by atoms with E-state index in [1.165, 1.54) is 0 Å². The van der Waals surface area contributed by atoms with Crippen molar-refractivity contribution in [3.05, 3.63) is 0 Å². The van der Waals surface area contributed by atoms with Crippen LogP contribution in [-0.2, 0) is 20.0 Å². The van der Waals surface area contributed by atoms with Gasteiger partial charge in [-0.15, -0.1) is 0 Å². The van der Waals surface area contributed by atoms with Crippen molar-refractivity contribution in [1.29, 1.82) is 0 Å². The topological polar surface area (TPSA) is 60.4 Å². The van der Waals surface area contributed by atoms with Gasteiger partial charge in [0.05, 0.1) is 5.41 Å².